The quantitative estimate of drug-likeness (QED) is 0.540. The van der Waals surface area contributed by atoms with Gasteiger partial charge in [-0.1, -0.05) is 32.4 Å². The lowest BCUT2D eigenvalue weighted by molar-refractivity contribution is 0.301. The summed E-state index contributed by atoms with van der Waals surface area (Å²) in [6.45, 7) is 4.73. The Morgan fingerprint density at radius 2 is 2.00 bits per heavy atom. The van der Waals surface area contributed by atoms with Gasteiger partial charge in [-0.25, -0.2) is 0 Å². The van der Waals surface area contributed by atoms with E-state index in [0.29, 0.717) is 0 Å². The van der Waals surface area contributed by atoms with Crippen molar-refractivity contribution in [3.63, 3.8) is 0 Å². The molecule has 0 aromatic heterocycles. The van der Waals surface area contributed by atoms with Crippen LogP contribution in [0.5, 0.6) is 0 Å². The van der Waals surface area contributed by atoms with Crippen LogP contribution in [0, 0.1) is 11.8 Å². The number of allylic oxidation sites excluding steroid dienone is 2. The molecular formula is C12H22. The van der Waals surface area contributed by atoms with Crippen molar-refractivity contribution in [1.29, 1.82) is 0 Å². The molecule has 2 unspecified atom stereocenters. The predicted molar refractivity (Wildman–Crippen MR) is 55.2 cm³/mol. The molecular weight excluding hydrogens is 144 g/mol. The highest BCUT2D eigenvalue weighted by atomic mass is 14.2. The standard InChI is InChI=1S/C12H22/c1-3-11(2)12-9-7-5-4-6-8-10-12/h4-5,11-12H,3,6-10H2,1-2H3/b5-4-. The lowest BCUT2D eigenvalue weighted by Gasteiger charge is -2.23. The fourth-order valence-electron chi connectivity index (χ4n) is 2.09. The number of rotatable bonds is 2. The van der Waals surface area contributed by atoms with Crippen molar-refractivity contribution in [3.05, 3.63) is 12.2 Å². The van der Waals surface area contributed by atoms with Crippen molar-refractivity contribution < 1.29 is 0 Å². The average Bonchev–Trinajstić information content (AvgIpc) is 2.02. The monoisotopic (exact) mass is 166 g/mol. The van der Waals surface area contributed by atoms with Gasteiger partial charge in [0.25, 0.3) is 0 Å². The molecule has 0 nitrogen and oxygen atoms in total. The predicted octanol–water partition coefficient (Wildman–Crippen LogP) is 4.17. The second kappa shape index (κ2) is 5.40. The van der Waals surface area contributed by atoms with E-state index >= 15 is 0 Å². The van der Waals surface area contributed by atoms with Gasteiger partial charge in [-0.3, -0.25) is 0 Å². The van der Waals surface area contributed by atoms with Crippen molar-refractivity contribution in [2.45, 2.75) is 52.4 Å². The molecule has 0 saturated carbocycles. The Kier molecular flexibility index (Phi) is 4.42. The van der Waals surface area contributed by atoms with Gasteiger partial charge in [0.15, 0.2) is 0 Å². The highest BCUT2D eigenvalue weighted by Crippen LogP contribution is 2.27. The minimum Gasteiger partial charge on any atom is -0.0885 e. The van der Waals surface area contributed by atoms with Crippen LogP contribution in [-0.4, -0.2) is 0 Å². The molecule has 0 radical (unpaired) electrons. The number of hydrogen-bond donors (Lipinski definition) is 0. The van der Waals surface area contributed by atoms with E-state index < -0.39 is 0 Å². The first kappa shape index (κ1) is 9.83. The molecule has 0 N–H and O–H groups in total. The third kappa shape index (κ3) is 3.00. The smallest absolute Gasteiger partial charge is 0.0348 e. The molecule has 1 aliphatic rings. The molecule has 1 aliphatic carbocycles. The van der Waals surface area contributed by atoms with Crippen molar-refractivity contribution in [3.8, 4) is 0 Å². The second-order valence-corrected chi connectivity index (χ2v) is 4.13. The Balaban J connectivity index is 2.36. The molecule has 0 aliphatic heterocycles. The first-order chi connectivity index (χ1) is 5.84. The van der Waals surface area contributed by atoms with E-state index in [-0.39, 0.29) is 0 Å². The highest BCUT2D eigenvalue weighted by Gasteiger charge is 2.14. The van der Waals surface area contributed by atoms with Gasteiger partial charge in [0.05, 0.1) is 0 Å². The van der Waals surface area contributed by atoms with Crippen LogP contribution in [0.25, 0.3) is 0 Å². The SMILES string of the molecule is CCC(C)C1CC/C=C\CCC1. The minimum absolute atomic E-state index is 0.941. The average molecular weight is 166 g/mol. The molecule has 0 spiro atoms. The van der Waals surface area contributed by atoms with Crippen molar-refractivity contribution >= 4 is 0 Å². The summed E-state index contributed by atoms with van der Waals surface area (Å²) in [5.74, 6) is 1.94. The second-order valence-electron chi connectivity index (χ2n) is 4.13. The van der Waals surface area contributed by atoms with Crippen LogP contribution >= 0.6 is 0 Å². The fraction of sp³-hybridized carbons (Fsp3) is 0.833. The summed E-state index contributed by atoms with van der Waals surface area (Å²) in [6.07, 6.45) is 13.0. The summed E-state index contributed by atoms with van der Waals surface area (Å²) < 4.78 is 0. The Morgan fingerprint density at radius 3 is 2.75 bits per heavy atom. The van der Waals surface area contributed by atoms with Gasteiger partial charge in [0, 0.05) is 0 Å². The zero-order chi connectivity index (χ0) is 8.81. The van der Waals surface area contributed by atoms with Gasteiger partial charge in [-0.15, -0.1) is 0 Å². The maximum absolute atomic E-state index is 2.41. The Bertz CT molecular complexity index is 135. The van der Waals surface area contributed by atoms with Crippen LogP contribution in [0.3, 0.4) is 0 Å². The zero-order valence-electron chi connectivity index (χ0n) is 8.55. The van der Waals surface area contributed by atoms with E-state index in [1.807, 2.05) is 0 Å². The van der Waals surface area contributed by atoms with Crippen LogP contribution in [0.1, 0.15) is 52.4 Å². The maximum Gasteiger partial charge on any atom is -0.0348 e. The summed E-state index contributed by atoms with van der Waals surface area (Å²) in [7, 11) is 0. The first-order valence-corrected chi connectivity index (χ1v) is 5.49. The normalized spacial score (nSPS) is 30.3. The molecule has 0 aromatic carbocycles. The molecule has 1 rings (SSSR count). The van der Waals surface area contributed by atoms with Crippen LogP contribution in [0.2, 0.25) is 0 Å². The molecule has 2 atom stereocenters. The molecule has 0 aromatic rings. The summed E-state index contributed by atoms with van der Waals surface area (Å²) >= 11 is 0. The van der Waals surface area contributed by atoms with Gasteiger partial charge < -0.3 is 0 Å². The lowest BCUT2D eigenvalue weighted by Crippen LogP contribution is -2.11. The van der Waals surface area contributed by atoms with Gasteiger partial charge in [0.2, 0.25) is 0 Å². The third-order valence-electron chi connectivity index (χ3n) is 3.27. The largest absolute Gasteiger partial charge is 0.0885 e. The van der Waals surface area contributed by atoms with Crippen molar-refractivity contribution in [1.82, 2.24) is 0 Å². The molecule has 0 bridgehead atoms. The van der Waals surface area contributed by atoms with Crippen LogP contribution in [0.15, 0.2) is 12.2 Å². The van der Waals surface area contributed by atoms with Gasteiger partial charge in [0.1, 0.15) is 0 Å². The highest BCUT2D eigenvalue weighted by molar-refractivity contribution is 4.85. The van der Waals surface area contributed by atoms with E-state index in [1.165, 1.54) is 38.5 Å². The summed E-state index contributed by atoms with van der Waals surface area (Å²) in [6, 6.07) is 0. The summed E-state index contributed by atoms with van der Waals surface area (Å²) in [5, 5.41) is 0. The number of hydrogen-bond acceptors (Lipinski definition) is 0. The molecule has 12 heavy (non-hydrogen) atoms. The molecule has 0 heteroatoms. The van der Waals surface area contributed by atoms with Crippen molar-refractivity contribution in [2.75, 3.05) is 0 Å². The Labute approximate surface area is 77.1 Å². The van der Waals surface area contributed by atoms with Crippen molar-refractivity contribution in [2.24, 2.45) is 11.8 Å². The van der Waals surface area contributed by atoms with Crippen LogP contribution < -0.4 is 0 Å². The van der Waals surface area contributed by atoms with E-state index in [9.17, 15) is 0 Å². The molecule has 0 saturated heterocycles. The Hall–Kier alpha value is -0.260. The lowest BCUT2D eigenvalue weighted by atomic mass is 9.83. The zero-order valence-corrected chi connectivity index (χ0v) is 8.55. The van der Waals surface area contributed by atoms with Gasteiger partial charge in [-0.05, 0) is 43.9 Å². The van der Waals surface area contributed by atoms with Gasteiger partial charge in [-0.2, -0.15) is 0 Å². The van der Waals surface area contributed by atoms with Gasteiger partial charge >= 0.3 is 0 Å². The van der Waals surface area contributed by atoms with Crippen LogP contribution in [0.4, 0.5) is 0 Å². The van der Waals surface area contributed by atoms with E-state index in [2.05, 4.69) is 26.0 Å². The maximum atomic E-state index is 2.41. The fourth-order valence-corrected chi connectivity index (χ4v) is 2.09. The van der Waals surface area contributed by atoms with E-state index in [4.69, 9.17) is 0 Å². The molecule has 70 valence electrons. The van der Waals surface area contributed by atoms with E-state index in [0.717, 1.165) is 11.8 Å². The van der Waals surface area contributed by atoms with Crippen LogP contribution in [-0.2, 0) is 0 Å². The summed E-state index contributed by atoms with van der Waals surface area (Å²) in [5.41, 5.74) is 0. The topological polar surface area (TPSA) is 0 Å². The third-order valence-corrected chi connectivity index (χ3v) is 3.27. The minimum atomic E-state index is 0.941. The molecule has 0 heterocycles. The molecule has 0 fully saturated rings. The first-order valence-electron chi connectivity index (χ1n) is 5.49. The summed E-state index contributed by atoms with van der Waals surface area (Å²) in [4.78, 5) is 0. The Morgan fingerprint density at radius 1 is 1.25 bits per heavy atom. The van der Waals surface area contributed by atoms with E-state index in [1.54, 1.807) is 0 Å². The molecule has 0 amide bonds.